The van der Waals surface area contributed by atoms with Gasteiger partial charge in [0, 0.05) is 26.4 Å². The van der Waals surface area contributed by atoms with Gasteiger partial charge in [-0.05, 0) is 18.9 Å². The van der Waals surface area contributed by atoms with Gasteiger partial charge in [-0.2, -0.15) is 0 Å². The van der Waals surface area contributed by atoms with E-state index in [1.54, 1.807) is 11.3 Å². The Morgan fingerprint density at radius 1 is 1.53 bits per heavy atom. The third kappa shape index (κ3) is 3.77. The molecule has 0 saturated carbocycles. The average molecular weight is 276 g/mol. The van der Waals surface area contributed by atoms with E-state index in [-0.39, 0.29) is 5.91 Å². The van der Waals surface area contributed by atoms with Gasteiger partial charge in [-0.15, -0.1) is 11.3 Å². The van der Waals surface area contributed by atoms with Crippen molar-refractivity contribution in [2.45, 2.75) is 32.6 Å². The van der Waals surface area contributed by atoms with Gasteiger partial charge in [-0.3, -0.25) is 4.79 Å². The summed E-state index contributed by atoms with van der Waals surface area (Å²) in [6, 6.07) is 0. The van der Waals surface area contributed by atoms with E-state index in [9.17, 15) is 4.79 Å². The second-order valence-electron chi connectivity index (χ2n) is 4.71. The summed E-state index contributed by atoms with van der Waals surface area (Å²) in [4.78, 5) is 18.1. The molecule has 0 atom stereocenters. The van der Waals surface area contributed by atoms with Crippen LogP contribution in [0.2, 0.25) is 0 Å². The first-order valence-corrected chi connectivity index (χ1v) is 7.59. The number of thiazole rings is 1. The van der Waals surface area contributed by atoms with Crippen LogP contribution >= 0.6 is 11.3 Å². The van der Waals surface area contributed by atoms with Gasteiger partial charge in [-0.25, -0.2) is 4.98 Å². The zero-order valence-electron chi connectivity index (χ0n) is 11.6. The minimum Gasteiger partial charge on any atom is -0.345 e. The maximum atomic E-state index is 11.7. The predicted molar refractivity (Wildman–Crippen MR) is 80.3 cm³/mol. The number of fused-ring (bicyclic) bond motifs is 1. The lowest BCUT2D eigenvalue weighted by Gasteiger charge is -2.15. The second kappa shape index (κ2) is 6.66. The first-order valence-electron chi connectivity index (χ1n) is 6.77. The lowest BCUT2D eigenvalue weighted by Crippen LogP contribution is -2.28. The highest BCUT2D eigenvalue weighted by atomic mass is 32.1. The van der Waals surface area contributed by atoms with Gasteiger partial charge in [0.2, 0.25) is 5.91 Å². The molecule has 1 aromatic rings. The third-order valence-corrected chi connectivity index (χ3v) is 4.20. The Kier molecular flexibility index (Phi) is 4.91. The number of amides is 1. The van der Waals surface area contributed by atoms with Gasteiger partial charge in [0.25, 0.3) is 0 Å². The van der Waals surface area contributed by atoms with Crippen molar-refractivity contribution in [2.75, 3.05) is 13.6 Å². The summed E-state index contributed by atoms with van der Waals surface area (Å²) in [7, 11) is 1.87. The van der Waals surface area contributed by atoms with Crippen molar-refractivity contribution < 1.29 is 4.79 Å². The van der Waals surface area contributed by atoms with E-state index < -0.39 is 0 Å². The Labute approximate surface area is 118 Å². The highest BCUT2D eigenvalue weighted by Crippen LogP contribution is 2.02. The number of likely N-dealkylation sites (N-methyl/N-ethyl adjacent to an activating group) is 1. The Hall–Kier alpha value is -1.42. The summed E-state index contributed by atoms with van der Waals surface area (Å²) in [5, 5.41) is 2.21. The smallest absolute Gasteiger partial charge is 0.222 e. The molecule has 0 aromatic carbocycles. The van der Waals surface area contributed by atoms with Crippen LogP contribution in [-0.4, -0.2) is 29.4 Å². The first-order chi connectivity index (χ1) is 9.20. The Bertz CT molecular complexity index is 586. The summed E-state index contributed by atoms with van der Waals surface area (Å²) < 4.78 is 1.23. The van der Waals surface area contributed by atoms with Crippen molar-refractivity contribution in [3.8, 4) is 0 Å². The molecule has 1 amide bonds. The topological polar surface area (TPSA) is 33.2 Å². The minimum absolute atomic E-state index is 0.224. The summed E-state index contributed by atoms with van der Waals surface area (Å²) in [6.45, 7) is 2.78. The zero-order valence-corrected chi connectivity index (χ0v) is 12.4. The van der Waals surface area contributed by atoms with E-state index in [0.29, 0.717) is 6.42 Å². The lowest BCUT2D eigenvalue weighted by atomic mass is 10.3. The average Bonchev–Trinajstić information content (AvgIpc) is 2.66. The fourth-order valence-electron chi connectivity index (χ4n) is 1.97. The predicted octanol–water partition coefficient (Wildman–Crippen LogP) is 1.47. The van der Waals surface area contributed by atoms with Crippen LogP contribution in [-0.2, 0) is 11.2 Å². The van der Waals surface area contributed by atoms with Gasteiger partial charge in [0.1, 0.15) is 0 Å². The first kappa shape index (κ1) is 14.0. The summed E-state index contributed by atoms with van der Waals surface area (Å²) in [6.07, 6.45) is 11.8. The third-order valence-electron chi connectivity index (χ3n) is 3.11. The molecular weight excluding hydrogens is 256 g/mol. The normalized spacial score (nSPS) is 13.2. The van der Waals surface area contributed by atoms with Crippen molar-refractivity contribution in [3.05, 3.63) is 27.0 Å². The van der Waals surface area contributed by atoms with Crippen molar-refractivity contribution in [2.24, 2.45) is 0 Å². The molecule has 0 radical (unpaired) electrons. The minimum atomic E-state index is 0.224. The fourth-order valence-corrected chi connectivity index (χ4v) is 2.94. The standard InChI is InChI=1S/C15H20N2OS/c1-3-7-15(18)17(2)11-10-14-16-12-8-5-4-6-9-13(12)19-14/h4,6,8-9H,3,5,7,10-11H2,1-2H3. The van der Waals surface area contributed by atoms with Crippen LogP contribution in [0.15, 0.2) is 12.2 Å². The molecule has 19 heavy (non-hydrogen) atoms. The van der Waals surface area contributed by atoms with Crippen LogP contribution in [0.25, 0.3) is 12.2 Å². The number of nitrogens with zero attached hydrogens (tertiary/aromatic N) is 2. The Balaban J connectivity index is 2.00. The lowest BCUT2D eigenvalue weighted by molar-refractivity contribution is -0.129. The maximum absolute atomic E-state index is 11.7. The van der Waals surface area contributed by atoms with Crippen LogP contribution in [0.1, 0.15) is 31.2 Å². The number of allylic oxidation sites excluding steroid dienone is 2. The molecule has 3 nitrogen and oxygen atoms in total. The number of aromatic nitrogens is 1. The van der Waals surface area contributed by atoms with Crippen LogP contribution in [0.3, 0.4) is 0 Å². The van der Waals surface area contributed by atoms with Crippen molar-refractivity contribution in [3.63, 3.8) is 0 Å². The van der Waals surface area contributed by atoms with Gasteiger partial charge in [0.05, 0.1) is 14.9 Å². The van der Waals surface area contributed by atoms with Crippen LogP contribution in [0.5, 0.6) is 0 Å². The van der Waals surface area contributed by atoms with Crippen LogP contribution in [0.4, 0.5) is 0 Å². The molecule has 1 aliphatic carbocycles. The highest BCUT2D eigenvalue weighted by Gasteiger charge is 2.08. The molecule has 2 rings (SSSR count). The van der Waals surface area contributed by atoms with E-state index >= 15 is 0 Å². The van der Waals surface area contributed by atoms with Crippen molar-refractivity contribution >= 4 is 29.4 Å². The summed E-state index contributed by atoms with van der Waals surface area (Å²) in [5.74, 6) is 0.224. The summed E-state index contributed by atoms with van der Waals surface area (Å²) >= 11 is 1.73. The quantitative estimate of drug-likeness (QED) is 0.816. The van der Waals surface area contributed by atoms with Crippen LogP contribution in [0, 0.1) is 0 Å². The van der Waals surface area contributed by atoms with E-state index in [1.807, 2.05) is 18.9 Å². The Morgan fingerprint density at radius 3 is 3.16 bits per heavy atom. The number of rotatable bonds is 5. The molecule has 1 heterocycles. The second-order valence-corrected chi connectivity index (χ2v) is 5.82. The SMILES string of the molecule is CCCC(=O)N(C)CCc1nc2c(s1)=CC=CCC=2. The molecule has 0 unspecified atom stereocenters. The number of carbonyl (C=O) groups excluding carboxylic acids is 1. The highest BCUT2D eigenvalue weighted by molar-refractivity contribution is 7.09. The monoisotopic (exact) mass is 276 g/mol. The van der Waals surface area contributed by atoms with E-state index in [2.05, 4.69) is 29.3 Å². The molecular formula is C15H20N2OS. The van der Waals surface area contributed by atoms with Crippen molar-refractivity contribution in [1.82, 2.24) is 9.88 Å². The molecule has 102 valence electrons. The van der Waals surface area contributed by atoms with E-state index in [4.69, 9.17) is 0 Å². The molecule has 0 saturated heterocycles. The molecule has 0 spiro atoms. The molecule has 0 bridgehead atoms. The Morgan fingerprint density at radius 2 is 2.37 bits per heavy atom. The summed E-state index contributed by atoms with van der Waals surface area (Å²) in [5.41, 5.74) is 0. The largest absolute Gasteiger partial charge is 0.345 e. The molecule has 4 heteroatoms. The molecule has 0 N–H and O–H groups in total. The maximum Gasteiger partial charge on any atom is 0.222 e. The van der Waals surface area contributed by atoms with Gasteiger partial charge >= 0.3 is 0 Å². The molecule has 0 aliphatic heterocycles. The van der Waals surface area contributed by atoms with Crippen LogP contribution < -0.4 is 9.88 Å². The van der Waals surface area contributed by atoms with E-state index in [1.165, 1.54) is 4.53 Å². The van der Waals surface area contributed by atoms with Gasteiger partial charge in [0.15, 0.2) is 0 Å². The number of hydrogen-bond donors (Lipinski definition) is 0. The molecule has 1 aromatic heterocycles. The van der Waals surface area contributed by atoms with Gasteiger partial charge in [-0.1, -0.05) is 25.2 Å². The number of carbonyl (C=O) groups is 1. The zero-order chi connectivity index (χ0) is 13.7. The van der Waals surface area contributed by atoms with Gasteiger partial charge < -0.3 is 4.90 Å². The van der Waals surface area contributed by atoms with Crippen molar-refractivity contribution in [1.29, 1.82) is 0 Å². The molecule has 1 aliphatic rings. The van der Waals surface area contributed by atoms with E-state index in [0.717, 1.165) is 36.2 Å². The number of hydrogen-bond acceptors (Lipinski definition) is 3. The molecule has 0 fully saturated rings. The fraction of sp³-hybridized carbons (Fsp3) is 0.467.